The molecule has 0 aromatic heterocycles. The van der Waals surface area contributed by atoms with Crippen molar-refractivity contribution < 1.29 is 4.79 Å². The highest BCUT2D eigenvalue weighted by Gasteiger charge is 2.24. The van der Waals surface area contributed by atoms with E-state index in [1.165, 1.54) is 0 Å². The zero-order valence-corrected chi connectivity index (χ0v) is 11.2. The molecule has 2 aromatic rings. The van der Waals surface area contributed by atoms with Gasteiger partial charge in [0.2, 0.25) is 5.91 Å². The molecule has 0 spiro atoms. The maximum absolute atomic E-state index is 11.9. The van der Waals surface area contributed by atoms with E-state index in [1.54, 1.807) is 0 Å². The third kappa shape index (κ3) is 2.17. The summed E-state index contributed by atoms with van der Waals surface area (Å²) in [5.41, 5.74) is 3.85. The van der Waals surface area contributed by atoms with Crippen molar-refractivity contribution in [2.24, 2.45) is 0 Å². The summed E-state index contributed by atoms with van der Waals surface area (Å²) in [6.45, 7) is 2.29. The Hall–Kier alpha value is -2.00. The number of carbonyl (C=O) groups is 1. The van der Waals surface area contributed by atoms with Crippen molar-refractivity contribution in [3.63, 3.8) is 0 Å². The van der Waals surface area contributed by atoms with E-state index in [2.05, 4.69) is 5.32 Å². The first-order valence-corrected chi connectivity index (χ1v) is 6.45. The molecule has 0 radical (unpaired) electrons. The van der Waals surface area contributed by atoms with Gasteiger partial charge in [-0.1, -0.05) is 29.8 Å². The number of amides is 1. The number of nitrogens with zero attached hydrogens (tertiary/aromatic N) is 1. The number of rotatable bonds is 1. The first-order chi connectivity index (χ1) is 9.15. The number of anilines is 3. The highest BCUT2D eigenvalue weighted by molar-refractivity contribution is 6.30. The molecule has 3 nitrogen and oxygen atoms in total. The zero-order valence-electron chi connectivity index (χ0n) is 10.5. The molecule has 0 fully saturated rings. The van der Waals surface area contributed by atoms with Gasteiger partial charge in [-0.2, -0.15) is 0 Å². The van der Waals surface area contributed by atoms with Crippen LogP contribution in [-0.2, 0) is 4.79 Å². The fourth-order valence-corrected chi connectivity index (χ4v) is 2.51. The molecule has 0 saturated heterocycles. The van der Waals surface area contributed by atoms with Crippen LogP contribution in [0, 0.1) is 6.92 Å². The largest absolute Gasteiger partial charge is 0.330 e. The minimum Gasteiger partial charge on any atom is -0.330 e. The molecule has 0 bridgehead atoms. The molecule has 1 aliphatic heterocycles. The topological polar surface area (TPSA) is 32.3 Å². The van der Waals surface area contributed by atoms with Crippen molar-refractivity contribution >= 4 is 34.6 Å². The van der Waals surface area contributed by atoms with E-state index in [0.717, 1.165) is 22.6 Å². The standard InChI is InChI=1S/C15H13ClN2O/c1-10-4-2-7-13-15(10)17-14(19)9-18(13)12-6-3-5-11(16)8-12/h2-8H,9H2,1H3,(H,17,19). The van der Waals surface area contributed by atoms with Crippen molar-refractivity contribution in [1.29, 1.82) is 0 Å². The maximum Gasteiger partial charge on any atom is 0.244 e. The van der Waals surface area contributed by atoms with Crippen LogP contribution in [0.15, 0.2) is 42.5 Å². The molecule has 1 heterocycles. The lowest BCUT2D eigenvalue weighted by Crippen LogP contribution is -2.35. The van der Waals surface area contributed by atoms with Crippen LogP contribution in [0.1, 0.15) is 5.56 Å². The van der Waals surface area contributed by atoms with Crippen LogP contribution >= 0.6 is 11.6 Å². The highest BCUT2D eigenvalue weighted by atomic mass is 35.5. The molecule has 2 aromatic carbocycles. The summed E-state index contributed by atoms with van der Waals surface area (Å²) in [5, 5.41) is 3.59. The van der Waals surface area contributed by atoms with Gasteiger partial charge in [-0.3, -0.25) is 4.79 Å². The molecule has 4 heteroatoms. The minimum absolute atomic E-state index is 0.0122. The smallest absolute Gasteiger partial charge is 0.244 e. The first kappa shape index (κ1) is 12.1. The van der Waals surface area contributed by atoms with E-state index >= 15 is 0 Å². The van der Waals surface area contributed by atoms with Crippen molar-refractivity contribution in [3.05, 3.63) is 53.1 Å². The molecule has 3 rings (SSSR count). The lowest BCUT2D eigenvalue weighted by molar-refractivity contribution is -0.115. The number of hydrogen-bond acceptors (Lipinski definition) is 2. The number of carbonyl (C=O) groups excluding carboxylic acids is 1. The Balaban J connectivity index is 2.14. The molecule has 0 saturated carbocycles. The average molecular weight is 273 g/mol. The van der Waals surface area contributed by atoms with Crippen LogP contribution in [0.25, 0.3) is 0 Å². The summed E-state index contributed by atoms with van der Waals surface area (Å²) < 4.78 is 0. The van der Waals surface area contributed by atoms with Crippen LogP contribution in [0.3, 0.4) is 0 Å². The number of benzene rings is 2. The second-order valence-electron chi connectivity index (χ2n) is 4.58. The SMILES string of the molecule is Cc1cccc2c1NC(=O)CN2c1cccc(Cl)c1. The summed E-state index contributed by atoms with van der Waals surface area (Å²) in [5.74, 6) is -0.0122. The second-order valence-corrected chi connectivity index (χ2v) is 5.02. The van der Waals surface area contributed by atoms with E-state index < -0.39 is 0 Å². The normalized spacial score (nSPS) is 14.0. The van der Waals surface area contributed by atoms with Crippen molar-refractivity contribution in [1.82, 2.24) is 0 Å². The number of fused-ring (bicyclic) bond motifs is 1. The number of halogens is 1. The van der Waals surface area contributed by atoms with Gasteiger partial charge in [0.15, 0.2) is 0 Å². The van der Waals surface area contributed by atoms with Gasteiger partial charge in [0.05, 0.1) is 11.4 Å². The molecule has 1 aliphatic rings. The Bertz CT molecular complexity index is 654. The second kappa shape index (κ2) is 4.59. The Labute approximate surface area is 116 Å². The van der Waals surface area contributed by atoms with Gasteiger partial charge in [0.25, 0.3) is 0 Å². The maximum atomic E-state index is 11.9. The van der Waals surface area contributed by atoms with Crippen LogP contribution < -0.4 is 10.2 Å². The van der Waals surface area contributed by atoms with E-state index in [0.29, 0.717) is 11.6 Å². The predicted molar refractivity (Wildman–Crippen MR) is 78.3 cm³/mol. The molecule has 96 valence electrons. The van der Waals surface area contributed by atoms with Crippen LogP contribution in [0.2, 0.25) is 5.02 Å². The van der Waals surface area contributed by atoms with Gasteiger partial charge in [-0.05, 0) is 36.8 Å². The fraction of sp³-hybridized carbons (Fsp3) is 0.133. The van der Waals surface area contributed by atoms with Gasteiger partial charge in [-0.15, -0.1) is 0 Å². The van der Waals surface area contributed by atoms with Crippen molar-refractivity contribution in [3.8, 4) is 0 Å². The summed E-state index contributed by atoms with van der Waals surface area (Å²) in [6, 6.07) is 13.5. The number of aryl methyl sites for hydroxylation is 1. The molecule has 1 N–H and O–H groups in total. The Morgan fingerprint density at radius 3 is 2.79 bits per heavy atom. The van der Waals surface area contributed by atoms with Gasteiger partial charge in [-0.25, -0.2) is 0 Å². The molecule has 0 unspecified atom stereocenters. The van der Waals surface area contributed by atoms with E-state index in [4.69, 9.17) is 11.6 Å². The van der Waals surface area contributed by atoms with Gasteiger partial charge in [0, 0.05) is 10.7 Å². The van der Waals surface area contributed by atoms with Crippen LogP contribution in [-0.4, -0.2) is 12.5 Å². The van der Waals surface area contributed by atoms with Crippen LogP contribution in [0.5, 0.6) is 0 Å². The highest BCUT2D eigenvalue weighted by Crippen LogP contribution is 2.37. The number of para-hydroxylation sites is 1. The molecular weight excluding hydrogens is 260 g/mol. The molecular formula is C15H13ClN2O. The van der Waals surface area contributed by atoms with E-state index in [9.17, 15) is 4.79 Å². The Morgan fingerprint density at radius 1 is 1.21 bits per heavy atom. The van der Waals surface area contributed by atoms with E-state index in [1.807, 2.05) is 54.3 Å². The van der Waals surface area contributed by atoms with Gasteiger partial charge >= 0.3 is 0 Å². The molecule has 19 heavy (non-hydrogen) atoms. The monoisotopic (exact) mass is 272 g/mol. The summed E-state index contributed by atoms with van der Waals surface area (Å²) >= 11 is 6.03. The van der Waals surface area contributed by atoms with Crippen molar-refractivity contribution in [2.75, 3.05) is 16.8 Å². The Kier molecular flexibility index (Phi) is 2.91. The predicted octanol–water partition coefficient (Wildman–Crippen LogP) is 3.74. The van der Waals surface area contributed by atoms with Gasteiger partial charge < -0.3 is 10.2 Å². The molecule has 0 atom stereocenters. The lowest BCUT2D eigenvalue weighted by atomic mass is 10.1. The van der Waals surface area contributed by atoms with Gasteiger partial charge in [0.1, 0.15) is 6.54 Å². The Morgan fingerprint density at radius 2 is 2.00 bits per heavy atom. The third-order valence-corrected chi connectivity index (χ3v) is 3.46. The average Bonchev–Trinajstić information content (AvgIpc) is 2.39. The minimum atomic E-state index is -0.0122. The number of hydrogen-bond donors (Lipinski definition) is 1. The zero-order chi connectivity index (χ0) is 13.4. The third-order valence-electron chi connectivity index (χ3n) is 3.23. The molecule has 1 amide bonds. The quantitative estimate of drug-likeness (QED) is 0.858. The summed E-state index contributed by atoms with van der Waals surface area (Å²) in [6.07, 6.45) is 0. The summed E-state index contributed by atoms with van der Waals surface area (Å²) in [4.78, 5) is 13.8. The summed E-state index contributed by atoms with van der Waals surface area (Å²) in [7, 11) is 0. The fourth-order valence-electron chi connectivity index (χ4n) is 2.32. The first-order valence-electron chi connectivity index (χ1n) is 6.08. The van der Waals surface area contributed by atoms with E-state index in [-0.39, 0.29) is 5.91 Å². The van der Waals surface area contributed by atoms with Crippen LogP contribution in [0.4, 0.5) is 17.1 Å². The molecule has 0 aliphatic carbocycles. The number of nitrogens with one attached hydrogen (secondary N) is 1. The lowest BCUT2D eigenvalue weighted by Gasteiger charge is -2.32. The van der Waals surface area contributed by atoms with Crippen molar-refractivity contribution in [2.45, 2.75) is 6.92 Å².